The van der Waals surface area contributed by atoms with Gasteiger partial charge in [0.2, 0.25) is 5.91 Å². The summed E-state index contributed by atoms with van der Waals surface area (Å²) < 4.78 is 3.44. The van der Waals surface area contributed by atoms with E-state index in [4.69, 9.17) is 0 Å². The molecule has 2 heterocycles. The molecular formula is C20H18N6O2S. The molecule has 0 radical (unpaired) electrons. The van der Waals surface area contributed by atoms with Gasteiger partial charge in [0.1, 0.15) is 6.33 Å². The van der Waals surface area contributed by atoms with E-state index in [1.807, 2.05) is 42.1 Å². The predicted molar refractivity (Wildman–Crippen MR) is 112 cm³/mol. The molecule has 2 aromatic heterocycles. The standard InChI is InChI=1S/C20H18N6O2S/c1-25-11-10-21-20(25)29-12-18(27)23-15-8-6-14(7-9-15)19(28)24-26-13-22-16-4-2-3-5-17(16)26/h2-11,13H,12H2,1H3,(H,23,27)(H,24,28). The minimum absolute atomic E-state index is 0.139. The minimum Gasteiger partial charge on any atom is -0.329 e. The lowest BCUT2D eigenvalue weighted by Crippen LogP contribution is -2.22. The van der Waals surface area contributed by atoms with Crippen LogP contribution in [0.25, 0.3) is 11.0 Å². The Morgan fingerprint density at radius 3 is 2.62 bits per heavy atom. The Morgan fingerprint density at radius 1 is 1.07 bits per heavy atom. The van der Waals surface area contributed by atoms with Gasteiger partial charge in [-0.05, 0) is 36.4 Å². The summed E-state index contributed by atoms with van der Waals surface area (Å²) in [5, 5.41) is 3.59. The summed E-state index contributed by atoms with van der Waals surface area (Å²) in [7, 11) is 1.88. The zero-order valence-electron chi connectivity index (χ0n) is 15.6. The van der Waals surface area contributed by atoms with Crippen LogP contribution in [-0.4, -0.2) is 36.8 Å². The van der Waals surface area contributed by atoms with Crippen LogP contribution in [0.5, 0.6) is 0 Å². The zero-order chi connectivity index (χ0) is 20.2. The van der Waals surface area contributed by atoms with Crippen molar-refractivity contribution >= 4 is 40.3 Å². The third kappa shape index (κ3) is 4.30. The Morgan fingerprint density at radius 2 is 1.86 bits per heavy atom. The van der Waals surface area contributed by atoms with Crippen LogP contribution in [0.15, 0.2) is 72.4 Å². The van der Waals surface area contributed by atoms with Gasteiger partial charge in [0.15, 0.2) is 5.16 Å². The Bertz CT molecular complexity index is 1170. The summed E-state index contributed by atoms with van der Waals surface area (Å²) in [4.78, 5) is 33.0. The van der Waals surface area contributed by atoms with Crippen molar-refractivity contribution in [1.82, 2.24) is 19.2 Å². The summed E-state index contributed by atoms with van der Waals surface area (Å²) in [5.41, 5.74) is 5.51. The number of carbonyl (C=O) groups excluding carboxylic acids is 2. The van der Waals surface area contributed by atoms with E-state index in [0.717, 1.165) is 16.2 Å². The number of para-hydroxylation sites is 2. The maximum absolute atomic E-state index is 12.5. The molecule has 0 saturated carbocycles. The zero-order valence-corrected chi connectivity index (χ0v) is 16.4. The van der Waals surface area contributed by atoms with Crippen LogP contribution in [0.1, 0.15) is 10.4 Å². The lowest BCUT2D eigenvalue weighted by molar-refractivity contribution is -0.113. The van der Waals surface area contributed by atoms with E-state index >= 15 is 0 Å². The van der Waals surface area contributed by atoms with E-state index in [1.165, 1.54) is 11.8 Å². The van der Waals surface area contributed by atoms with Gasteiger partial charge in [0, 0.05) is 30.7 Å². The molecule has 4 aromatic rings. The van der Waals surface area contributed by atoms with Gasteiger partial charge in [0.25, 0.3) is 5.91 Å². The minimum atomic E-state index is -0.267. The average Bonchev–Trinajstić information content (AvgIpc) is 3.33. The van der Waals surface area contributed by atoms with E-state index in [0.29, 0.717) is 11.3 Å². The first kappa shape index (κ1) is 18.8. The van der Waals surface area contributed by atoms with Crippen molar-refractivity contribution in [2.45, 2.75) is 5.16 Å². The Labute approximate surface area is 170 Å². The third-order valence-electron chi connectivity index (χ3n) is 4.22. The van der Waals surface area contributed by atoms with Crippen LogP contribution in [0.4, 0.5) is 5.69 Å². The fourth-order valence-electron chi connectivity index (χ4n) is 2.75. The highest BCUT2D eigenvalue weighted by atomic mass is 32.2. The van der Waals surface area contributed by atoms with Crippen molar-refractivity contribution in [1.29, 1.82) is 0 Å². The molecule has 0 spiro atoms. The van der Waals surface area contributed by atoms with Crippen LogP contribution in [0.3, 0.4) is 0 Å². The van der Waals surface area contributed by atoms with E-state index < -0.39 is 0 Å². The van der Waals surface area contributed by atoms with Gasteiger partial charge in [-0.25, -0.2) is 14.6 Å². The molecule has 0 aliphatic heterocycles. The summed E-state index contributed by atoms with van der Waals surface area (Å²) in [6.07, 6.45) is 5.09. The van der Waals surface area contributed by atoms with E-state index in [1.54, 1.807) is 41.5 Å². The monoisotopic (exact) mass is 406 g/mol. The maximum atomic E-state index is 12.5. The van der Waals surface area contributed by atoms with Gasteiger partial charge in [0.05, 0.1) is 16.8 Å². The van der Waals surface area contributed by atoms with Crippen molar-refractivity contribution in [2.75, 3.05) is 16.5 Å². The van der Waals surface area contributed by atoms with E-state index in [-0.39, 0.29) is 17.6 Å². The predicted octanol–water partition coefficient (Wildman–Crippen LogP) is 2.88. The largest absolute Gasteiger partial charge is 0.329 e. The number of fused-ring (bicyclic) bond motifs is 1. The molecule has 0 aliphatic carbocycles. The highest BCUT2D eigenvalue weighted by Gasteiger charge is 2.10. The van der Waals surface area contributed by atoms with E-state index in [2.05, 4.69) is 20.7 Å². The van der Waals surface area contributed by atoms with Gasteiger partial charge < -0.3 is 9.88 Å². The van der Waals surface area contributed by atoms with Crippen LogP contribution in [0.2, 0.25) is 0 Å². The number of aryl methyl sites for hydroxylation is 1. The van der Waals surface area contributed by atoms with Gasteiger partial charge in [-0.15, -0.1) is 0 Å². The maximum Gasteiger partial charge on any atom is 0.270 e. The molecule has 29 heavy (non-hydrogen) atoms. The highest BCUT2D eigenvalue weighted by molar-refractivity contribution is 7.99. The van der Waals surface area contributed by atoms with Gasteiger partial charge in [-0.3, -0.25) is 15.0 Å². The molecule has 146 valence electrons. The fraction of sp³-hybridized carbons (Fsp3) is 0.100. The quantitative estimate of drug-likeness (QED) is 0.480. The van der Waals surface area contributed by atoms with Gasteiger partial charge in [-0.2, -0.15) is 0 Å². The first-order valence-electron chi connectivity index (χ1n) is 8.83. The van der Waals surface area contributed by atoms with Crippen molar-refractivity contribution in [2.24, 2.45) is 7.05 Å². The summed E-state index contributed by atoms with van der Waals surface area (Å²) in [5.74, 6) is -0.155. The van der Waals surface area contributed by atoms with Crippen molar-refractivity contribution < 1.29 is 9.59 Å². The number of carbonyl (C=O) groups is 2. The molecular weight excluding hydrogens is 388 g/mol. The highest BCUT2D eigenvalue weighted by Crippen LogP contribution is 2.16. The average molecular weight is 406 g/mol. The second kappa shape index (κ2) is 8.19. The summed E-state index contributed by atoms with van der Waals surface area (Å²) in [6, 6.07) is 14.3. The molecule has 0 aliphatic rings. The molecule has 9 heteroatoms. The molecule has 2 amide bonds. The number of nitrogens with one attached hydrogen (secondary N) is 2. The van der Waals surface area contributed by atoms with Crippen molar-refractivity contribution in [3.63, 3.8) is 0 Å². The first-order valence-corrected chi connectivity index (χ1v) is 9.82. The van der Waals surface area contributed by atoms with Crippen LogP contribution in [0, 0.1) is 0 Å². The number of aromatic nitrogens is 4. The molecule has 0 saturated heterocycles. The Kier molecular flexibility index (Phi) is 5.30. The SMILES string of the molecule is Cn1ccnc1SCC(=O)Nc1ccc(C(=O)Nn2cnc3ccccc32)cc1. The number of hydrogen-bond acceptors (Lipinski definition) is 5. The molecule has 0 bridgehead atoms. The molecule has 0 unspecified atom stereocenters. The Balaban J connectivity index is 1.35. The van der Waals surface area contributed by atoms with Crippen LogP contribution < -0.4 is 10.7 Å². The number of imidazole rings is 2. The smallest absolute Gasteiger partial charge is 0.270 e. The number of amides is 2. The van der Waals surface area contributed by atoms with Gasteiger partial charge >= 0.3 is 0 Å². The number of rotatable bonds is 6. The first-order chi connectivity index (χ1) is 14.1. The number of benzene rings is 2. The van der Waals surface area contributed by atoms with Crippen molar-refractivity contribution in [3.8, 4) is 0 Å². The van der Waals surface area contributed by atoms with Crippen LogP contribution >= 0.6 is 11.8 Å². The molecule has 2 aromatic carbocycles. The molecule has 0 fully saturated rings. The van der Waals surface area contributed by atoms with E-state index in [9.17, 15) is 9.59 Å². The second-order valence-electron chi connectivity index (χ2n) is 6.28. The number of thioether (sulfide) groups is 1. The summed E-state index contributed by atoms with van der Waals surface area (Å²) in [6.45, 7) is 0. The Hall–Kier alpha value is -3.59. The lowest BCUT2D eigenvalue weighted by atomic mass is 10.2. The molecule has 2 N–H and O–H groups in total. The van der Waals surface area contributed by atoms with Crippen LogP contribution in [-0.2, 0) is 11.8 Å². The number of nitrogens with zero attached hydrogens (tertiary/aromatic N) is 4. The molecule has 4 rings (SSSR count). The fourth-order valence-corrected chi connectivity index (χ4v) is 3.48. The third-order valence-corrected chi connectivity index (χ3v) is 5.27. The number of anilines is 1. The molecule has 8 nitrogen and oxygen atoms in total. The van der Waals surface area contributed by atoms with Gasteiger partial charge in [-0.1, -0.05) is 23.9 Å². The lowest BCUT2D eigenvalue weighted by Gasteiger charge is -2.09. The topological polar surface area (TPSA) is 93.8 Å². The number of hydrogen-bond donors (Lipinski definition) is 2. The normalized spacial score (nSPS) is 10.8. The molecule has 0 atom stereocenters. The van der Waals surface area contributed by atoms with Crippen molar-refractivity contribution in [3.05, 3.63) is 72.8 Å². The summed E-state index contributed by atoms with van der Waals surface area (Å²) >= 11 is 1.36. The second-order valence-corrected chi connectivity index (χ2v) is 7.22.